The van der Waals surface area contributed by atoms with Crippen LogP contribution in [0.4, 0.5) is 0 Å². The van der Waals surface area contributed by atoms with Crippen LogP contribution < -0.4 is 0 Å². The molecule has 0 amide bonds. The average molecular weight is 172 g/mol. The number of rotatable bonds is 2. The zero-order valence-corrected chi connectivity index (χ0v) is 8.66. The van der Waals surface area contributed by atoms with Gasteiger partial charge in [-0.3, -0.25) is 0 Å². The standard InChI is InChI=1S/C10H20S/c1-3-9-7-5-6-8-10(9,11)4-2/h9,11H,3-8H2,1-2H3. The van der Waals surface area contributed by atoms with Crippen molar-refractivity contribution in [2.75, 3.05) is 0 Å². The van der Waals surface area contributed by atoms with Crippen LogP contribution in [0.25, 0.3) is 0 Å². The quantitative estimate of drug-likeness (QED) is 0.604. The summed E-state index contributed by atoms with van der Waals surface area (Å²) in [6, 6.07) is 0. The minimum atomic E-state index is 0.382. The number of hydrogen-bond donors (Lipinski definition) is 1. The van der Waals surface area contributed by atoms with Crippen LogP contribution in [-0.4, -0.2) is 4.75 Å². The van der Waals surface area contributed by atoms with Crippen molar-refractivity contribution in [3.8, 4) is 0 Å². The topological polar surface area (TPSA) is 0 Å². The van der Waals surface area contributed by atoms with Crippen molar-refractivity contribution in [2.24, 2.45) is 5.92 Å². The summed E-state index contributed by atoms with van der Waals surface area (Å²) < 4.78 is 0.382. The summed E-state index contributed by atoms with van der Waals surface area (Å²) in [6.45, 7) is 4.58. The van der Waals surface area contributed by atoms with Gasteiger partial charge in [0.05, 0.1) is 0 Å². The molecule has 0 heterocycles. The SMILES string of the molecule is CCC1CCCCC1(S)CC. The monoisotopic (exact) mass is 172 g/mol. The first-order chi connectivity index (χ1) is 5.23. The van der Waals surface area contributed by atoms with Gasteiger partial charge in [0.2, 0.25) is 0 Å². The van der Waals surface area contributed by atoms with Crippen LogP contribution in [0.15, 0.2) is 0 Å². The van der Waals surface area contributed by atoms with E-state index in [0.29, 0.717) is 4.75 Å². The molecule has 0 N–H and O–H groups in total. The molecule has 2 unspecified atom stereocenters. The van der Waals surface area contributed by atoms with Crippen molar-refractivity contribution in [1.82, 2.24) is 0 Å². The maximum atomic E-state index is 4.82. The molecule has 1 fully saturated rings. The van der Waals surface area contributed by atoms with Gasteiger partial charge in [-0.15, -0.1) is 0 Å². The minimum absolute atomic E-state index is 0.382. The molecule has 1 saturated carbocycles. The molecule has 0 saturated heterocycles. The molecule has 1 rings (SSSR count). The second kappa shape index (κ2) is 3.84. The normalized spacial score (nSPS) is 39.0. The van der Waals surface area contributed by atoms with E-state index in [1.165, 1.54) is 38.5 Å². The lowest BCUT2D eigenvalue weighted by Gasteiger charge is -2.39. The first-order valence-corrected chi connectivity index (χ1v) is 5.40. The second-order valence-electron chi connectivity index (χ2n) is 3.81. The highest BCUT2D eigenvalue weighted by Crippen LogP contribution is 2.42. The first-order valence-electron chi connectivity index (χ1n) is 4.95. The molecule has 0 aromatic rings. The van der Waals surface area contributed by atoms with Gasteiger partial charge in [-0.2, -0.15) is 12.6 Å². The lowest BCUT2D eigenvalue weighted by molar-refractivity contribution is 0.261. The molecule has 66 valence electrons. The van der Waals surface area contributed by atoms with Gasteiger partial charge in [-0.25, -0.2) is 0 Å². The number of hydrogen-bond acceptors (Lipinski definition) is 1. The molecule has 11 heavy (non-hydrogen) atoms. The third kappa shape index (κ3) is 1.93. The van der Waals surface area contributed by atoms with E-state index in [-0.39, 0.29) is 0 Å². The molecule has 0 bridgehead atoms. The Kier molecular flexibility index (Phi) is 3.29. The maximum Gasteiger partial charge on any atom is 0.0155 e. The zero-order chi connectivity index (χ0) is 8.32. The van der Waals surface area contributed by atoms with Crippen molar-refractivity contribution < 1.29 is 0 Å². The Balaban J connectivity index is 2.57. The molecule has 0 spiro atoms. The van der Waals surface area contributed by atoms with E-state index < -0.39 is 0 Å². The molecule has 0 aromatic carbocycles. The van der Waals surface area contributed by atoms with Crippen molar-refractivity contribution in [2.45, 2.75) is 57.1 Å². The summed E-state index contributed by atoms with van der Waals surface area (Å²) in [5.74, 6) is 0.879. The molecule has 0 aliphatic heterocycles. The van der Waals surface area contributed by atoms with E-state index in [9.17, 15) is 0 Å². The Morgan fingerprint density at radius 3 is 2.55 bits per heavy atom. The van der Waals surface area contributed by atoms with Crippen LogP contribution >= 0.6 is 12.6 Å². The van der Waals surface area contributed by atoms with Gasteiger partial charge in [0.25, 0.3) is 0 Å². The van der Waals surface area contributed by atoms with E-state index in [1.54, 1.807) is 0 Å². The fraction of sp³-hybridized carbons (Fsp3) is 1.00. The summed E-state index contributed by atoms with van der Waals surface area (Å²) in [6.07, 6.45) is 8.14. The molecule has 1 heteroatoms. The van der Waals surface area contributed by atoms with Gasteiger partial charge >= 0.3 is 0 Å². The molecular weight excluding hydrogens is 152 g/mol. The predicted molar refractivity (Wildman–Crippen MR) is 54.3 cm³/mol. The van der Waals surface area contributed by atoms with Gasteiger partial charge in [-0.05, 0) is 25.2 Å². The molecule has 0 aromatic heterocycles. The van der Waals surface area contributed by atoms with Crippen LogP contribution in [0.1, 0.15) is 52.4 Å². The van der Waals surface area contributed by atoms with E-state index in [2.05, 4.69) is 13.8 Å². The van der Waals surface area contributed by atoms with Crippen LogP contribution in [0.3, 0.4) is 0 Å². The van der Waals surface area contributed by atoms with E-state index in [1.807, 2.05) is 0 Å². The van der Waals surface area contributed by atoms with Crippen LogP contribution in [0.5, 0.6) is 0 Å². The highest BCUT2D eigenvalue weighted by molar-refractivity contribution is 7.81. The summed E-state index contributed by atoms with van der Waals surface area (Å²) in [7, 11) is 0. The Labute approximate surface area is 76.2 Å². The molecular formula is C10H20S. The molecule has 1 aliphatic rings. The lowest BCUT2D eigenvalue weighted by Crippen LogP contribution is -2.34. The Morgan fingerprint density at radius 1 is 1.36 bits per heavy atom. The Hall–Kier alpha value is 0.350. The fourth-order valence-electron chi connectivity index (χ4n) is 2.34. The van der Waals surface area contributed by atoms with Gasteiger partial charge in [0.15, 0.2) is 0 Å². The summed E-state index contributed by atoms with van der Waals surface area (Å²) >= 11 is 4.82. The van der Waals surface area contributed by atoms with Gasteiger partial charge in [0, 0.05) is 4.75 Å². The third-order valence-corrected chi connectivity index (χ3v) is 4.18. The Bertz CT molecular complexity index is 122. The highest BCUT2D eigenvalue weighted by atomic mass is 32.1. The molecule has 2 atom stereocenters. The third-order valence-electron chi connectivity index (χ3n) is 3.28. The highest BCUT2D eigenvalue weighted by Gasteiger charge is 2.34. The molecule has 0 nitrogen and oxygen atoms in total. The smallest absolute Gasteiger partial charge is 0.0155 e. The first kappa shape index (κ1) is 9.44. The van der Waals surface area contributed by atoms with Gasteiger partial charge in [0.1, 0.15) is 0 Å². The van der Waals surface area contributed by atoms with Crippen molar-refractivity contribution >= 4 is 12.6 Å². The van der Waals surface area contributed by atoms with E-state index in [4.69, 9.17) is 12.6 Å². The predicted octanol–water partition coefficient (Wildman–Crippen LogP) is 3.67. The van der Waals surface area contributed by atoms with E-state index >= 15 is 0 Å². The minimum Gasteiger partial charge on any atom is -0.172 e. The average Bonchev–Trinajstić information content (AvgIpc) is 2.05. The Morgan fingerprint density at radius 2 is 2.09 bits per heavy atom. The fourth-order valence-corrected chi connectivity index (χ4v) is 2.81. The molecule has 1 aliphatic carbocycles. The van der Waals surface area contributed by atoms with Crippen molar-refractivity contribution in [1.29, 1.82) is 0 Å². The van der Waals surface area contributed by atoms with Crippen LogP contribution in [-0.2, 0) is 0 Å². The summed E-state index contributed by atoms with van der Waals surface area (Å²) in [4.78, 5) is 0. The summed E-state index contributed by atoms with van der Waals surface area (Å²) in [5.41, 5.74) is 0. The van der Waals surface area contributed by atoms with Crippen molar-refractivity contribution in [3.05, 3.63) is 0 Å². The van der Waals surface area contributed by atoms with Crippen molar-refractivity contribution in [3.63, 3.8) is 0 Å². The lowest BCUT2D eigenvalue weighted by atomic mass is 9.75. The summed E-state index contributed by atoms with van der Waals surface area (Å²) in [5, 5.41) is 0. The van der Waals surface area contributed by atoms with Crippen LogP contribution in [0.2, 0.25) is 0 Å². The molecule has 0 radical (unpaired) electrons. The number of thiol groups is 1. The largest absolute Gasteiger partial charge is 0.172 e. The van der Waals surface area contributed by atoms with E-state index in [0.717, 1.165) is 5.92 Å². The van der Waals surface area contributed by atoms with Crippen LogP contribution in [0, 0.1) is 5.92 Å². The maximum absolute atomic E-state index is 4.82. The van der Waals surface area contributed by atoms with Gasteiger partial charge in [-0.1, -0.05) is 33.1 Å². The second-order valence-corrected chi connectivity index (χ2v) is 4.70. The van der Waals surface area contributed by atoms with Gasteiger partial charge < -0.3 is 0 Å². The zero-order valence-electron chi connectivity index (χ0n) is 7.77.